The third kappa shape index (κ3) is 11.4. The van der Waals surface area contributed by atoms with Crippen LogP contribution in [0.2, 0.25) is 0 Å². The second-order valence-corrected chi connectivity index (χ2v) is 17.4. The highest BCUT2D eigenvalue weighted by molar-refractivity contribution is 7.09. The molecule has 3 N–H and O–H groups in total. The lowest BCUT2D eigenvalue weighted by atomic mass is 9.88. The summed E-state index contributed by atoms with van der Waals surface area (Å²) in [6.45, 7) is 13.1. The molecule has 13 heteroatoms. The van der Waals surface area contributed by atoms with Crippen molar-refractivity contribution in [2.75, 3.05) is 34.4 Å². The highest BCUT2D eigenvalue weighted by Gasteiger charge is 2.44. The Balaban J connectivity index is 1.47. The molecule has 4 rings (SSSR count). The van der Waals surface area contributed by atoms with Gasteiger partial charge in [0.15, 0.2) is 0 Å². The zero-order valence-corrected chi connectivity index (χ0v) is 36.0. The number of aromatic nitrogens is 1. The zero-order valence-electron chi connectivity index (χ0n) is 35.2. The van der Waals surface area contributed by atoms with E-state index in [1.54, 1.807) is 32.4 Å². The number of carbonyl (C=O) groups is 4. The molecule has 2 fully saturated rings. The Morgan fingerprint density at radius 2 is 1.75 bits per heavy atom. The molecular formula is C43H68N6O6S. The number of likely N-dealkylation sites (tertiary alicyclic amines) is 1. The molecule has 312 valence electrons. The number of likely N-dealkylation sites (N-methyl/N-ethyl adjacent to an activating group) is 1. The van der Waals surface area contributed by atoms with Crippen LogP contribution in [0.5, 0.6) is 0 Å². The Labute approximate surface area is 339 Å². The van der Waals surface area contributed by atoms with Gasteiger partial charge in [-0.3, -0.25) is 19.2 Å². The van der Waals surface area contributed by atoms with Crippen LogP contribution >= 0.6 is 11.3 Å². The summed E-state index contributed by atoms with van der Waals surface area (Å²) in [5.74, 6) is -1.20. The van der Waals surface area contributed by atoms with Gasteiger partial charge in [0.25, 0.3) is 0 Å². The number of allylic oxidation sites excluding steroid dienone is 6. The van der Waals surface area contributed by atoms with Gasteiger partial charge >= 0.3 is 0 Å². The number of ether oxygens (including phenoxy) is 2. The van der Waals surface area contributed by atoms with Crippen molar-refractivity contribution in [2.45, 2.75) is 135 Å². The van der Waals surface area contributed by atoms with Crippen molar-refractivity contribution in [3.05, 3.63) is 53.0 Å². The smallest absolute Gasteiger partial charge is 0.245 e. The Kier molecular flexibility index (Phi) is 17.3. The van der Waals surface area contributed by atoms with Gasteiger partial charge < -0.3 is 35.2 Å². The van der Waals surface area contributed by atoms with Crippen molar-refractivity contribution in [1.29, 1.82) is 0 Å². The van der Waals surface area contributed by atoms with E-state index in [1.165, 1.54) is 11.3 Å². The van der Waals surface area contributed by atoms with Gasteiger partial charge in [0.05, 0.1) is 48.2 Å². The minimum absolute atomic E-state index is 0.00132. The predicted molar refractivity (Wildman–Crippen MR) is 222 cm³/mol. The number of thiazole rings is 1. The highest BCUT2D eigenvalue weighted by atomic mass is 32.1. The summed E-state index contributed by atoms with van der Waals surface area (Å²) in [4.78, 5) is 64.2. The minimum atomic E-state index is -0.738. The Hall–Kier alpha value is -3.39. The number of nitrogens with one attached hydrogen (secondary N) is 3. The number of carbonyl (C=O) groups excluding carboxylic acids is 4. The van der Waals surface area contributed by atoms with Gasteiger partial charge in [0.1, 0.15) is 11.0 Å². The molecular weight excluding hydrogens is 729 g/mol. The van der Waals surface area contributed by atoms with Crippen LogP contribution in [0.1, 0.15) is 104 Å². The van der Waals surface area contributed by atoms with Crippen LogP contribution in [0.3, 0.4) is 0 Å². The fourth-order valence-electron chi connectivity index (χ4n) is 8.56. The predicted octanol–water partition coefficient (Wildman–Crippen LogP) is 5.58. The van der Waals surface area contributed by atoms with E-state index >= 15 is 0 Å². The maximum atomic E-state index is 14.3. The molecule has 0 unspecified atom stereocenters. The van der Waals surface area contributed by atoms with Gasteiger partial charge in [0, 0.05) is 39.4 Å². The summed E-state index contributed by atoms with van der Waals surface area (Å²) in [6.07, 6.45) is 18.6. The number of nitrogens with zero attached hydrogens (tertiary/aromatic N) is 3. The third-order valence-electron chi connectivity index (χ3n) is 12.2. The Morgan fingerprint density at radius 1 is 1.04 bits per heavy atom. The van der Waals surface area contributed by atoms with E-state index in [9.17, 15) is 19.2 Å². The Bertz CT molecular complexity index is 1510. The van der Waals surface area contributed by atoms with Gasteiger partial charge in [-0.15, -0.1) is 11.3 Å². The second kappa shape index (κ2) is 21.4. The lowest BCUT2D eigenvalue weighted by Crippen LogP contribution is -2.63. The van der Waals surface area contributed by atoms with Crippen LogP contribution in [-0.4, -0.2) is 109 Å². The minimum Gasteiger partial charge on any atom is -0.379 e. The number of methoxy groups -OCH3 is 2. The number of piperidine rings is 1. The molecule has 0 radical (unpaired) electrons. The van der Waals surface area contributed by atoms with Crippen LogP contribution in [0.25, 0.3) is 0 Å². The third-order valence-corrected chi connectivity index (χ3v) is 13.1. The molecule has 0 aromatic carbocycles. The highest BCUT2D eigenvalue weighted by Crippen LogP contribution is 2.31. The fourth-order valence-corrected chi connectivity index (χ4v) is 9.26. The molecule has 9 atom stereocenters. The lowest BCUT2D eigenvalue weighted by Gasteiger charge is -2.41. The quantitative estimate of drug-likeness (QED) is 0.165. The lowest BCUT2D eigenvalue weighted by molar-refractivity contribution is -0.148. The molecule has 0 bridgehead atoms. The summed E-state index contributed by atoms with van der Waals surface area (Å²) >= 11 is 1.52. The molecule has 1 aromatic heterocycles. The van der Waals surface area contributed by atoms with E-state index in [4.69, 9.17) is 9.47 Å². The summed E-state index contributed by atoms with van der Waals surface area (Å²) in [7, 11) is 4.95. The van der Waals surface area contributed by atoms with Crippen LogP contribution in [0.4, 0.5) is 0 Å². The monoisotopic (exact) mass is 796 g/mol. The number of hydrogen-bond acceptors (Lipinski definition) is 9. The first-order valence-electron chi connectivity index (χ1n) is 20.6. The molecule has 1 aromatic rings. The average molecular weight is 797 g/mol. The maximum Gasteiger partial charge on any atom is 0.245 e. The molecule has 1 aliphatic carbocycles. The number of rotatable bonds is 19. The van der Waals surface area contributed by atoms with E-state index in [2.05, 4.69) is 46.9 Å². The molecule has 12 nitrogen and oxygen atoms in total. The van der Waals surface area contributed by atoms with Crippen molar-refractivity contribution in [3.63, 3.8) is 0 Å². The molecule has 56 heavy (non-hydrogen) atoms. The van der Waals surface area contributed by atoms with Gasteiger partial charge in [0.2, 0.25) is 23.6 Å². The molecule has 3 heterocycles. The first kappa shape index (κ1) is 45.3. The van der Waals surface area contributed by atoms with Gasteiger partial charge in [-0.1, -0.05) is 77.5 Å². The molecule has 3 aliphatic rings. The van der Waals surface area contributed by atoms with Gasteiger partial charge in [-0.2, -0.15) is 0 Å². The molecule has 2 aliphatic heterocycles. The summed E-state index contributed by atoms with van der Waals surface area (Å²) < 4.78 is 12.1. The first-order chi connectivity index (χ1) is 26.8. The van der Waals surface area contributed by atoms with Crippen molar-refractivity contribution in [3.8, 4) is 0 Å². The molecule has 2 saturated heterocycles. The summed E-state index contributed by atoms with van der Waals surface area (Å²) in [6, 6.07) is -1.75. The fraction of sp³-hybridized carbons (Fsp3) is 0.698. The van der Waals surface area contributed by atoms with Gasteiger partial charge in [-0.05, 0) is 69.7 Å². The molecule has 0 spiro atoms. The first-order valence-corrected chi connectivity index (χ1v) is 21.5. The largest absolute Gasteiger partial charge is 0.379 e. The average Bonchev–Trinajstić information content (AvgIpc) is 3.85. The summed E-state index contributed by atoms with van der Waals surface area (Å²) in [5, 5.41) is 12.5. The standard InChI is InChI=1S/C43H68N6O6S/c1-10-29(4)37(48(7)41(52)36(28(2)3)47-42(53)43(6)21-15-16-22-45-43)34(54-8)27-35(50)49-24-17-20-33(49)38(55-9)30(5)39(51)46-32(40-44-23-25-56-40)26-31-18-13-11-12-14-19-31/h11-14,18-19,23,25,28-34,36-38,45H,10,15-17,20-22,24,26-27H2,1-9H3,(H,46,51)(H,47,53)/t29-,30+,32+,33-,34+,36-,37-,38+,43-/m0/s1. The van der Waals surface area contributed by atoms with Crippen molar-refractivity contribution in [1.82, 2.24) is 30.7 Å². The van der Waals surface area contributed by atoms with Crippen LogP contribution in [0, 0.1) is 23.7 Å². The zero-order chi connectivity index (χ0) is 41.0. The molecule has 0 saturated carbocycles. The van der Waals surface area contributed by atoms with E-state index in [-0.39, 0.29) is 59.9 Å². The van der Waals surface area contributed by atoms with E-state index in [0.717, 1.165) is 37.2 Å². The van der Waals surface area contributed by atoms with E-state index < -0.39 is 35.7 Å². The number of amides is 4. The van der Waals surface area contributed by atoms with Crippen molar-refractivity contribution >= 4 is 35.0 Å². The normalized spacial score (nSPS) is 23.8. The summed E-state index contributed by atoms with van der Waals surface area (Å²) in [5.41, 5.74) is -0.725. The van der Waals surface area contributed by atoms with Crippen LogP contribution in [-0.2, 0) is 28.7 Å². The van der Waals surface area contributed by atoms with Crippen molar-refractivity contribution in [2.24, 2.45) is 23.7 Å². The van der Waals surface area contributed by atoms with Crippen LogP contribution in [0.15, 0.2) is 48.0 Å². The molecule has 4 amide bonds. The van der Waals surface area contributed by atoms with E-state index in [1.807, 2.05) is 62.3 Å². The van der Waals surface area contributed by atoms with Gasteiger partial charge in [-0.25, -0.2) is 4.98 Å². The van der Waals surface area contributed by atoms with Crippen LogP contribution < -0.4 is 16.0 Å². The van der Waals surface area contributed by atoms with E-state index in [0.29, 0.717) is 25.8 Å². The second-order valence-electron chi connectivity index (χ2n) is 16.5. The maximum absolute atomic E-state index is 14.3. The number of hydrogen-bond donors (Lipinski definition) is 3. The Morgan fingerprint density at radius 3 is 2.32 bits per heavy atom. The van der Waals surface area contributed by atoms with Crippen molar-refractivity contribution < 1.29 is 28.7 Å². The topological polar surface area (TPSA) is 142 Å². The SMILES string of the molecule is CC[C@H](C)[C@@H]([C@@H](CC(=O)N1CCC[C@H]1[C@H](OC)[C@@H](C)C(=O)N[C@H](CC1C=CC=CC=C1)c1nccs1)OC)N(C)C(=O)[C@@H](NC(=O)[C@]1(C)CCCCN1)C(C)C.